The van der Waals surface area contributed by atoms with E-state index in [1.165, 1.54) is 37.6 Å². The number of cyclic esters (lactones) is 1. The van der Waals surface area contributed by atoms with E-state index in [1.807, 2.05) is 0 Å². The first-order chi connectivity index (χ1) is 11.6. The van der Waals surface area contributed by atoms with Crippen molar-refractivity contribution in [3.05, 3.63) is 53.6 Å². The van der Waals surface area contributed by atoms with Gasteiger partial charge in [0.05, 0.1) is 13.4 Å². The van der Waals surface area contributed by atoms with Crippen molar-refractivity contribution >= 4 is 17.9 Å². The molecule has 0 spiro atoms. The minimum absolute atomic E-state index is 0.0472. The molecule has 0 unspecified atom stereocenters. The second-order valence-electron chi connectivity index (χ2n) is 4.60. The van der Waals surface area contributed by atoms with Crippen LogP contribution in [0.25, 0.3) is 6.08 Å². The fourth-order valence-corrected chi connectivity index (χ4v) is 2.04. The van der Waals surface area contributed by atoms with Gasteiger partial charge in [-0.05, 0) is 35.9 Å². The Morgan fingerprint density at radius 1 is 1.25 bits per heavy atom. The molecule has 0 saturated heterocycles. The van der Waals surface area contributed by atoms with Gasteiger partial charge in [-0.25, -0.2) is 9.79 Å². The molecule has 0 bridgehead atoms. The summed E-state index contributed by atoms with van der Waals surface area (Å²) in [4.78, 5) is 15.9. The predicted octanol–water partition coefficient (Wildman–Crippen LogP) is 3.23. The average molecular weight is 335 g/mol. The molecule has 0 N–H and O–H groups in total. The summed E-state index contributed by atoms with van der Waals surface area (Å²) in [5.74, 6) is -0.270. The Morgan fingerprint density at radius 2 is 2.08 bits per heavy atom. The van der Waals surface area contributed by atoms with E-state index in [0.29, 0.717) is 11.3 Å². The van der Waals surface area contributed by atoms with E-state index in [-0.39, 0.29) is 23.1 Å². The van der Waals surface area contributed by atoms with Crippen molar-refractivity contribution in [1.82, 2.24) is 0 Å². The molecular formula is C16H11F2NO5. The third-order valence-electron chi connectivity index (χ3n) is 3.06. The van der Waals surface area contributed by atoms with E-state index < -0.39 is 12.6 Å². The Bertz CT molecular complexity index is 812. The number of methoxy groups -OCH3 is 1. The molecule has 0 atom stereocenters. The molecule has 24 heavy (non-hydrogen) atoms. The molecule has 1 aromatic heterocycles. The quantitative estimate of drug-likeness (QED) is 0.620. The molecule has 2 aromatic rings. The van der Waals surface area contributed by atoms with E-state index >= 15 is 0 Å². The molecule has 2 heterocycles. The number of halogens is 2. The number of ether oxygens (including phenoxy) is 3. The molecule has 8 heteroatoms. The number of nitrogens with zero attached hydrogens (tertiary/aromatic N) is 1. The number of hydrogen-bond acceptors (Lipinski definition) is 6. The molecule has 1 aliphatic heterocycles. The van der Waals surface area contributed by atoms with Crippen LogP contribution in [0.4, 0.5) is 8.78 Å². The Kier molecular flexibility index (Phi) is 4.28. The summed E-state index contributed by atoms with van der Waals surface area (Å²) >= 11 is 0. The number of carbonyl (C=O) groups is 1. The lowest BCUT2D eigenvalue weighted by atomic mass is 10.1. The summed E-state index contributed by atoms with van der Waals surface area (Å²) in [6, 6.07) is 7.49. The van der Waals surface area contributed by atoms with Crippen molar-refractivity contribution in [3.63, 3.8) is 0 Å². The summed E-state index contributed by atoms with van der Waals surface area (Å²) in [6.45, 7) is -2.96. The average Bonchev–Trinajstić information content (AvgIpc) is 3.19. The third-order valence-corrected chi connectivity index (χ3v) is 3.06. The van der Waals surface area contributed by atoms with Gasteiger partial charge in [-0.15, -0.1) is 0 Å². The van der Waals surface area contributed by atoms with E-state index in [0.717, 1.165) is 0 Å². The second-order valence-corrected chi connectivity index (χ2v) is 4.60. The zero-order chi connectivity index (χ0) is 17.1. The minimum Gasteiger partial charge on any atom is -0.493 e. The molecule has 0 aliphatic carbocycles. The van der Waals surface area contributed by atoms with Gasteiger partial charge in [0.15, 0.2) is 23.0 Å². The number of carbonyl (C=O) groups excluding carboxylic acids is 1. The zero-order valence-corrected chi connectivity index (χ0v) is 12.4. The number of esters is 1. The highest BCUT2D eigenvalue weighted by atomic mass is 19.3. The number of benzene rings is 1. The van der Waals surface area contributed by atoms with Gasteiger partial charge >= 0.3 is 12.6 Å². The standard InChI is InChI=1S/C16H11F2NO5/c1-21-13-8-9(4-5-11(13)23-16(17)18)7-10-15(20)24-14(19-10)12-3-2-6-22-12/h2-8,16H,1H3. The predicted molar refractivity (Wildman–Crippen MR) is 78.9 cm³/mol. The number of rotatable bonds is 5. The van der Waals surface area contributed by atoms with E-state index in [2.05, 4.69) is 9.73 Å². The number of furan rings is 1. The summed E-state index contributed by atoms with van der Waals surface area (Å²) in [5.41, 5.74) is 0.552. The lowest BCUT2D eigenvalue weighted by molar-refractivity contribution is -0.130. The molecule has 3 rings (SSSR count). The molecule has 0 amide bonds. The van der Waals surface area contributed by atoms with Crippen molar-refractivity contribution in [2.75, 3.05) is 7.11 Å². The van der Waals surface area contributed by atoms with Gasteiger partial charge in [-0.3, -0.25) is 0 Å². The van der Waals surface area contributed by atoms with E-state index in [4.69, 9.17) is 13.9 Å². The van der Waals surface area contributed by atoms with Crippen LogP contribution in [0.3, 0.4) is 0 Å². The van der Waals surface area contributed by atoms with Crippen molar-refractivity contribution in [2.24, 2.45) is 4.99 Å². The maximum Gasteiger partial charge on any atom is 0.387 e. The molecule has 0 saturated carbocycles. The Labute approximate surface area is 135 Å². The first-order valence-corrected chi connectivity index (χ1v) is 6.76. The van der Waals surface area contributed by atoms with Gasteiger partial charge < -0.3 is 18.6 Å². The van der Waals surface area contributed by atoms with Crippen LogP contribution in [0.1, 0.15) is 11.3 Å². The second kappa shape index (κ2) is 6.53. The Balaban J connectivity index is 1.89. The molecule has 6 nitrogen and oxygen atoms in total. The van der Waals surface area contributed by atoms with Crippen LogP contribution >= 0.6 is 0 Å². The van der Waals surface area contributed by atoms with Crippen LogP contribution in [0.5, 0.6) is 11.5 Å². The van der Waals surface area contributed by atoms with Gasteiger partial charge in [-0.1, -0.05) is 6.07 Å². The number of hydrogen-bond donors (Lipinski definition) is 0. The highest BCUT2D eigenvalue weighted by Gasteiger charge is 2.25. The fraction of sp³-hybridized carbons (Fsp3) is 0.125. The maximum absolute atomic E-state index is 12.3. The van der Waals surface area contributed by atoms with Crippen LogP contribution in [-0.2, 0) is 9.53 Å². The van der Waals surface area contributed by atoms with Gasteiger partial charge in [0, 0.05) is 0 Å². The SMILES string of the molecule is COc1cc(C=C2N=C(c3ccco3)OC2=O)ccc1OC(F)F. The molecule has 1 aliphatic rings. The van der Waals surface area contributed by atoms with Crippen molar-refractivity contribution in [2.45, 2.75) is 6.61 Å². The Morgan fingerprint density at radius 3 is 2.75 bits per heavy atom. The molecule has 0 radical (unpaired) electrons. The summed E-state index contributed by atoms with van der Waals surface area (Å²) in [6.07, 6.45) is 2.87. The van der Waals surface area contributed by atoms with Crippen molar-refractivity contribution in [3.8, 4) is 11.5 Å². The monoisotopic (exact) mass is 335 g/mol. The van der Waals surface area contributed by atoms with Gasteiger partial charge in [0.25, 0.3) is 5.90 Å². The summed E-state index contributed by atoms with van der Waals surface area (Å²) in [5, 5.41) is 0. The number of alkyl halides is 2. The minimum atomic E-state index is -2.96. The van der Waals surface area contributed by atoms with Crippen LogP contribution in [0.2, 0.25) is 0 Å². The van der Waals surface area contributed by atoms with Crippen molar-refractivity contribution < 1.29 is 32.2 Å². The fourth-order valence-electron chi connectivity index (χ4n) is 2.04. The summed E-state index contributed by atoms with van der Waals surface area (Å²) in [7, 11) is 1.32. The lowest BCUT2D eigenvalue weighted by Gasteiger charge is -2.10. The summed E-state index contributed by atoms with van der Waals surface area (Å²) < 4.78 is 44.1. The normalized spacial score (nSPS) is 15.6. The van der Waals surface area contributed by atoms with Crippen LogP contribution in [-0.4, -0.2) is 25.6 Å². The van der Waals surface area contributed by atoms with Crippen LogP contribution < -0.4 is 9.47 Å². The smallest absolute Gasteiger partial charge is 0.387 e. The van der Waals surface area contributed by atoms with E-state index in [9.17, 15) is 13.6 Å². The molecule has 1 aromatic carbocycles. The Hall–Kier alpha value is -3.16. The first kappa shape index (κ1) is 15.7. The third kappa shape index (κ3) is 3.27. The zero-order valence-electron chi connectivity index (χ0n) is 12.4. The topological polar surface area (TPSA) is 70.3 Å². The van der Waals surface area contributed by atoms with Crippen LogP contribution in [0.15, 0.2) is 51.7 Å². The number of aliphatic imine (C=N–C) groups is 1. The lowest BCUT2D eigenvalue weighted by Crippen LogP contribution is -2.04. The maximum atomic E-state index is 12.3. The van der Waals surface area contributed by atoms with Gasteiger partial charge in [0.2, 0.25) is 0 Å². The van der Waals surface area contributed by atoms with Gasteiger partial charge in [-0.2, -0.15) is 8.78 Å². The highest BCUT2D eigenvalue weighted by Crippen LogP contribution is 2.30. The molecule has 0 fully saturated rings. The molecule has 124 valence electrons. The first-order valence-electron chi connectivity index (χ1n) is 6.76. The highest BCUT2D eigenvalue weighted by molar-refractivity contribution is 6.11. The largest absolute Gasteiger partial charge is 0.493 e. The van der Waals surface area contributed by atoms with Crippen molar-refractivity contribution in [1.29, 1.82) is 0 Å². The van der Waals surface area contributed by atoms with E-state index in [1.54, 1.807) is 12.1 Å². The van der Waals surface area contributed by atoms with Gasteiger partial charge in [0.1, 0.15) is 0 Å². The van der Waals surface area contributed by atoms with Crippen LogP contribution in [0, 0.1) is 0 Å². The molecular weight excluding hydrogens is 324 g/mol.